The van der Waals surface area contributed by atoms with Gasteiger partial charge in [0.2, 0.25) is 0 Å². The number of alkyl halides is 2. The fraction of sp³-hybridized carbons (Fsp3) is 0.484. The molecule has 0 bridgehead atoms. The summed E-state index contributed by atoms with van der Waals surface area (Å²) in [5, 5.41) is 9.89. The van der Waals surface area contributed by atoms with Crippen LogP contribution < -0.4 is 15.5 Å². The zero-order valence-corrected chi connectivity index (χ0v) is 23.9. The van der Waals surface area contributed by atoms with Crippen LogP contribution in [0.5, 0.6) is 0 Å². The molecule has 2 aliphatic heterocycles. The van der Waals surface area contributed by atoms with Crippen molar-refractivity contribution in [2.24, 2.45) is 16.6 Å². The number of halogens is 3. The lowest BCUT2D eigenvalue weighted by atomic mass is 9.85. The van der Waals surface area contributed by atoms with E-state index in [1.54, 1.807) is 0 Å². The van der Waals surface area contributed by atoms with Gasteiger partial charge in [-0.25, -0.2) is 13.6 Å². The maximum atomic E-state index is 13.7. The number of carboxylic acid groups (broad SMARTS) is 1. The van der Waals surface area contributed by atoms with Crippen LogP contribution >= 0.6 is 11.6 Å². The van der Waals surface area contributed by atoms with Crippen molar-refractivity contribution in [3.8, 4) is 11.1 Å². The van der Waals surface area contributed by atoms with Gasteiger partial charge >= 0.3 is 5.97 Å². The Hall–Kier alpha value is -3.17. The second kappa shape index (κ2) is 13.2. The molecule has 2 saturated heterocycles. The number of rotatable bonds is 9. The molecule has 3 aliphatic rings. The molecule has 0 amide bonds. The van der Waals surface area contributed by atoms with Crippen LogP contribution in [0, 0.1) is 5.92 Å². The number of nitrogens with zero attached hydrogens (tertiary/aromatic N) is 4. The zero-order valence-electron chi connectivity index (χ0n) is 23.2. The number of piperazine rings is 1. The number of aliphatic carboxylic acids is 1. The average Bonchev–Trinajstić information content (AvgIpc) is 2.95. The van der Waals surface area contributed by atoms with E-state index >= 15 is 0 Å². The summed E-state index contributed by atoms with van der Waals surface area (Å²) >= 11 is 6.41. The highest BCUT2D eigenvalue weighted by molar-refractivity contribution is 6.31. The molecule has 7 nitrogen and oxygen atoms in total. The Bertz CT molecular complexity index is 1270. The van der Waals surface area contributed by atoms with Gasteiger partial charge in [0.05, 0.1) is 6.04 Å². The van der Waals surface area contributed by atoms with Gasteiger partial charge in [0.25, 0.3) is 6.43 Å². The van der Waals surface area contributed by atoms with E-state index in [9.17, 15) is 18.7 Å². The summed E-state index contributed by atoms with van der Waals surface area (Å²) in [6.45, 7) is 6.56. The predicted molar refractivity (Wildman–Crippen MR) is 161 cm³/mol. The Balaban J connectivity index is 1.31. The van der Waals surface area contributed by atoms with Crippen LogP contribution in [0.3, 0.4) is 0 Å². The third kappa shape index (κ3) is 7.01. The highest BCUT2D eigenvalue weighted by atomic mass is 35.5. The number of carboxylic acids is 1. The lowest BCUT2D eigenvalue weighted by Crippen LogP contribution is -2.48. The number of piperidine rings is 1. The van der Waals surface area contributed by atoms with E-state index in [0.717, 1.165) is 55.3 Å². The Morgan fingerprint density at radius 3 is 2.37 bits per heavy atom. The molecule has 2 heterocycles. The first-order valence-corrected chi connectivity index (χ1v) is 14.8. The molecule has 1 aliphatic carbocycles. The van der Waals surface area contributed by atoms with Crippen LogP contribution in [-0.2, 0) is 4.79 Å². The SMILES string of the molecule is N/C=C(/C(=O)O)C(=NC1CCCN(c2cc(Cl)ccc2-c2ccc(N3CCN(CC4CCC4)CC3)cc2)C1)C(F)F. The molecule has 1 unspecified atom stereocenters. The van der Waals surface area contributed by atoms with E-state index in [1.165, 1.54) is 31.5 Å². The van der Waals surface area contributed by atoms with Gasteiger partial charge in [-0.3, -0.25) is 9.89 Å². The highest BCUT2D eigenvalue weighted by Crippen LogP contribution is 2.36. The number of aliphatic imine (C=N–C) groups is 1. The fourth-order valence-corrected chi connectivity index (χ4v) is 6.24. The summed E-state index contributed by atoms with van der Waals surface area (Å²) in [4.78, 5) is 22.8. The summed E-state index contributed by atoms with van der Waals surface area (Å²) in [5.74, 6) is -0.622. The largest absolute Gasteiger partial charge is 0.478 e. The number of benzene rings is 2. The summed E-state index contributed by atoms with van der Waals surface area (Å²) in [5.41, 5.74) is 8.05. The highest BCUT2D eigenvalue weighted by Gasteiger charge is 2.28. The maximum absolute atomic E-state index is 13.7. The van der Waals surface area contributed by atoms with Gasteiger partial charge in [-0.15, -0.1) is 0 Å². The van der Waals surface area contributed by atoms with E-state index in [0.29, 0.717) is 30.7 Å². The van der Waals surface area contributed by atoms with Gasteiger partial charge in [0.15, 0.2) is 0 Å². The number of hydrogen-bond acceptors (Lipinski definition) is 6. The van der Waals surface area contributed by atoms with Gasteiger partial charge in [-0.1, -0.05) is 36.2 Å². The van der Waals surface area contributed by atoms with Gasteiger partial charge in [-0.2, -0.15) is 0 Å². The normalized spacial score (nSPS) is 21.3. The summed E-state index contributed by atoms with van der Waals surface area (Å²) in [7, 11) is 0. The average molecular weight is 586 g/mol. The van der Waals surface area contributed by atoms with Crippen LogP contribution in [0.1, 0.15) is 32.1 Å². The van der Waals surface area contributed by atoms with Crippen LogP contribution in [0.25, 0.3) is 11.1 Å². The van der Waals surface area contributed by atoms with E-state index in [2.05, 4.69) is 44.0 Å². The molecular formula is C31H38ClF2N5O2. The number of carbonyl (C=O) groups is 1. The molecule has 2 aromatic rings. The minimum Gasteiger partial charge on any atom is -0.478 e. The molecule has 1 atom stereocenters. The first-order chi connectivity index (χ1) is 19.8. The maximum Gasteiger partial charge on any atom is 0.339 e. The Labute approximate surface area is 245 Å². The molecule has 3 fully saturated rings. The van der Waals surface area contributed by atoms with Gasteiger partial charge < -0.3 is 20.6 Å². The van der Waals surface area contributed by atoms with E-state index in [-0.39, 0.29) is 0 Å². The van der Waals surface area contributed by atoms with Gasteiger partial charge in [-0.05, 0) is 61.4 Å². The topological polar surface area (TPSA) is 85.4 Å². The number of nitrogens with two attached hydrogens (primary N) is 1. The molecule has 2 aromatic carbocycles. The second-order valence-corrected chi connectivity index (χ2v) is 11.7. The van der Waals surface area contributed by atoms with Crippen molar-refractivity contribution in [2.45, 2.75) is 44.6 Å². The lowest BCUT2D eigenvalue weighted by Gasteiger charge is -2.39. The van der Waals surface area contributed by atoms with Crippen molar-refractivity contribution in [1.82, 2.24) is 4.90 Å². The summed E-state index contributed by atoms with van der Waals surface area (Å²) in [6, 6.07) is 13.8. The summed E-state index contributed by atoms with van der Waals surface area (Å²) in [6.07, 6.45) is 3.09. The van der Waals surface area contributed by atoms with Crippen molar-refractivity contribution in [3.63, 3.8) is 0 Å². The Morgan fingerprint density at radius 1 is 1.02 bits per heavy atom. The Morgan fingerprint density at radius 2 is 1.76 bits per heavy atom. The molecule has 0 spiro atoms. The quantitative estimate of drug-likeness (QED) is 0.297. The molecule has 41 heavy (non-hydrogen) atoms. The third-order valence-electron chi connectivity index (χ3n) is 8.56. The van der Waals surface area contributed by atoms with E-state index in [4.69, 9.17) is 17.3 Å². The van der Waals surface area contributed by atoms with Crippen molar-refractivity contribution in [1.29, 1.82) is 0 Å². The first-order valence-electron chi connectivity index (χ1n) is 14.5. The monoisotopic (exact) mass is 585 g/mol. The van der Waals surface area contributed by atoms with Crippen LogP contribution in [0.4, 0.5) is 20.2 Å². The first kappa shape index (κ1) is 29.3. The van der Waals surface area contributed by atoms with Crippen molar-refractivity contribution < 1.29 is 18.7 Å². The smallest absolute Gasteiger partial charge is 0.339 e. The lowest BCUT2D eigenvalue weighted by molar-refractivity contribution is -0.132. The minimum atomic E-state index is -3.04. The van der Waals surface area contributed by atoms with Crippen LogP contribution in [0.2, 0.25) is 5.02 Å². The van der Waals surface area contributed by atoms with Gasteiger partial charge in [0.1, 0.15) is 11.3 Å². The van der Waals surface area contributed by atoms with Gasteiger partial charge in [0, 0.05) is 74.0 Å². The third-order valence-corrected chi connectivity index (χ3v) is 8.79. The molecular weight excluding hydrogens is 548 g/mol. The molecule has 1 saturated carbocycles. The minimum absolute atomic E-state index is 0.365. The molecule has 5 rings (SSSR count). The standard InChI is InChI=1S/C31H38ClF2N5O2/c32-23-8-11-26(22-6-9-25(10-7-22)38-15-13-37(14-16-38)19-21-3-1-4-21)28(17-23)39-12-2-5-24(20-39)36-29(30(33)34)27(18-35)31(40)41/h6-11,17-18,21,24,30H,1-5,12-16,19-20,35H2,(H,40,41)/b27-18+,36-29?. The van der Waals surface area contributed by atoms with Crippen molar-refractivity contribution in [3.05, 3.63) is 59.3 Å². The Kier molecular flexibility index (Phi) is 9.45. The van der Waals surface area contributed by atoms with Crippen LogP contribution in [-0.4, -0.2) is 80.0 Å². The van der Waals surface area contributed by atoms with Crippen molar-refractivity contribution in [2.75, 3.05) is 55.6 Å². The summed E-state index contributed by atoms with van der Waals surface area (Å²) < 4.78 is 27.5. The second-order valence-electron chi connectivity index (χ2n) is 11.2. The molecule has 0 radical (unpaired) electrons. The molecule has 10 heteroatoms. The molecule has 0 aromatic heterocycles. The van der Waals surface area contributed by atoms with Crippen molar-refractivity contribution >= 4 is 34.7 Å². The number of hydrogen-bond donors (Lipinski definition) is 2. The van der Waals surface area contributed by atoms with Crippen LogP contribution in [0.15, 0.2) is 59.2 Å². The fourth-order valence-electron chi connectivity index (χ4n) is 6.08. The predicted octanol–water partition coefficient (Wildman–Crippen LogP) is 5.53. The van der Waals surface area contributed by atoms with E-state index < -0.39 is 29.7 Å². The molecule has 220 valence electrons. The van der Waals surface area contributed by atoms with E-state index in [1.807, 2.05) is 18.2 Å². The zero-order chi connectivity index (χ0) is 28.9. The number of anilines is 2. The molecule has 3 N–H and O–H groups in total.